The fourth-order valence-electron chi connectivity index (χ4n) is 3.09. The second-order valence-electron chi connectivity index (χ2n) is 6.21. The molecule has 0 unspecified atom stereocenters. The molecular weight excluding hydrogens is 284 g/mol. The smallest absolute Gasteiger partial charge is 0.126 e. The highest BCUT2D eigenvalue weighted by molar-refractivity contribution is 5.63. The van der Waals surface area contributed by atoms with E-state index in [4.69, 9.17) is 1.37 Å². The van der Waals surface area contributed by atoms with Gasteiger partial charge >= 0.3 is 0 Å². The van der Waals surface area contributed by atoms with Crippen LogP contribution >= 0.6 is 0 Å². The molecule has 4 aliphatic rings. The maximum absolute atomic E-state index is 10.7. The molecule has 0 spiro atoms. The maximum Gasteiger partial charge on any atom is 0.126 e. The molecule has 0 saturated carbocycles. The molecular formula is C21H24O2. The van der Waals surface area contributed by atoms with Gasteiger partial charge in [-0.2, -0.15) is 0 Å². The fourth-order valence-corrected chi connectivity index (χ4v) is 3.09. The van der Waals surface area contributed by atoms with Crippen molar-refractivity contribution in [3.8, 4) is 11.5 Å². The summed E-state index contributed by atoms with van der Waals surface area (Å²) in [6, 6.07) is 10.3. The highest BCUT2D eigenvalue weighted by Gasteiger charge is 2.14. The van der Waals surface area contributed by atoms with E-state index in [1.807, 2.05) is 30.3 Å². The number of phenols is 2. The number of aryl methyl sites for hydroxylation is 4. The lowest BCUT2D eigenvalue weighted by Crippen LogP contribution is -2.01. The summed E-state index contributed by atoms with van der Waals surface area (Å²) >= 11 is 0. The lowest BCUT2D eigenvalue weighted by atomic mass is 9.91. The molecule has 2 aromatic rings. The zero-order chi connectivity index (χ0) is 17.1. The number of aromatic hydroxyl groups is 2. The summed E-state index contributed by atoms with van der Waals surface area (Å²) in [6.45, 7) is 2.08. The molecule has 0 atom stereocenters. The van der Waals surface area contributed by atoms with E-state index in [2.05, 4.69) is 13.0 Å². The number of unbranched alkanes of at least 4 members (excludes halogenated alkanes) is 1. The van der Waals surface area contributed by atoms with E-state index in [1.54, 1.807) is 0 Å². The van der Waals surface area contributed by atoms with Crippen molar-refractivity contribution >= 4 is 6.05 Å². The number of hydrogen-bond acceptors (Lipinski definition) is 2. The quantitative estimate of drug-likeness (QED) is 0.855. The zero-order valence-electron chi connectivity index (χ0n) is 14.6. The van der Waals surface area contributed by atoms with Gasteiger partial charge in [-0.25, -0.2) is 0 Å². The van der Waals surface area contributed by atoms with Crippen LogP contribution in [0.3, 0.4) is 0 Å². The average molecular weight is 309 g/mol. The highest BCUT2D eigenvalue weighted by Crippen LogP contribution is 2.32. The Balaban J connectivity index is 2.07. The van der Waals surface area contributed by atoms with Crippen molar-refractivity contribution in [3.05, 3.63) is 64.2 Å². The first-order chi connectivity index (χ1) is 11.6. The van der Waals surface area contributed by atoms with Gasteiger partial charge in [-0.05, 0) is 60.4 Å². The van der Waals surface area contributed by atoms with Crippen LogP contribution in [0.15, 0.2) is 36.4 Å². The number of rotatable bonds is 3. The Bertz CT molecular complexity index is 778. The third-order valence-corrected chi connectivity index (χ3v) is 4.52. The van der Waals surface area contributed by atoms with E-state index in [0.29, 0.717) is 36.6 Å². The lowest BCUT2D eigenvalue weighted by Gasteiger charge is -2.16. The first-order valence-electron chi connectivity index (χ1n) is 8.91. The van der Waals surface area contributed by atoms with Crippen molar-refractivity contribution < 1.29 is 11.6 Å². The molecule has 2 N–H and O–H groups in total. The third-order valence-electron chi connectivity index (χ3n) is 4.52. The highest BCUT2D eigenvalue weighted by atomic mass is 16.3. The minimum atomic E-state index is 0.254. The fraction of sp³-hybridized carbons (Fsp3) is 0.333. The van der Waals surface area contributed by atoms with E-state index in [-0.39, 0.29) is 5.75 Å². The Kier molecular flexibility index (Phi) is 4.32. The molecule has 0 heterocycles. The van der Waals surface area contributed by atoms with Gasteiger partial charge in [0.15, 0.2) is 0 Å². The number of hydrogen-bond donors (Lipinski definition) is 2. The second kappa shape index (κ2) is 6.91. The van der Waals surface area contributed by atoms with Crippen molar-refractivity contribution in [2.45, 2.75) is 45.4 Å². The number of phenolic OH excluding ortho intramolecular Hbond substituents is 2. The van der Waals surface area contributed by atoms with Gasteiger partial charge < -0.3 is 10.2 Å². The summed E-state index contributed by atoms with van der Waals surface area (Å²) in [4.78, 5) is 0. The van der Waals surface area contributed by atoms with Crippen LogP contribution in [0.5, 0.6) is 11.5 Å². The largest absolute Gasteiger partial charge is 0.508 e. The molecule has 0 fully saturated rings. The predicted molar refractivity (Wildman–Crippen MR) is 95.0 cm³/mol. The van der Waals surface area contributed by atoms with Crippen LogP contribution < -0.4 is 0 Å². The molecule has 2 heteroatoms. The van der Waals surface area contributed by atoms with Crippen LogP contribution in [0.25, 0.3) is 6.05 Å². The van der Waals surface area contributed by atoms with E-state index in [0.717, 1.165) is 41.5 Å². The van der Waals surface area contributed by atoms with Crippen LogP contribution in [-0.4, -0.2) is 10.2 Å². The molecule has 4 bridgehead atoms. The van der Waals surface area contributed by atoms with Crippen molar-refractivity contribution in [1.82, 2.24) is 0 Å². The topological polar surface area (TPSA) is 40.5 Å². The molecule has 0 amide bonds. The van der Waals surface area contributed by atoms with E-state index in [9.17, 15) is 10.2 Å². The summed E-state index contributed by atoms with van der Waals surface area (Å²) in [7, 11) is 0. The van der Waals surface area contributed by atoms with Gasteiger partial charge in [-0.3, -0.25) is 0 Å². The Labute approximate surface area is 139 Å². The van der Waals surface area contributed by atoms with Gasteiger partial charge in [0.25, 0.3) is 0 Å². The third kappa shape index (κ3) is 3.42. The van der Waals surface area contributed by atoms with Gasteiger partial charge in [0.1, 0.15) is 11.5 Å². The molecule has 2 nitrogen and oxygen atoms in total. The molecule has 0 saturated heterocycles. The molecule has 2 aromatic carbocycles. The summed E-state index contributed by atoms with van der Waals surface area (Å²) in [5.74, 6) is 0.602. The summed E-state index contributed by atoms with van der Waals surface area (Å²) in [5, 5.41) is 21.0. The lowest BCUT2D eigenvalue weighted by molar-refractivity contribution is 0.463. The Hall–Kier alpha value is -2.22. The van der Waals surface area contributed by atoms with Crippen LogP contribution in [0.4, 0.5) is 0 Å². The average Bonchev–Trinajstić information content (AvgIpc) is 2.56. The molecule has 0 aliphatic heterocycles. The molecule has 6 rings (SSSR count). The minimum Gasteiger partial charge on any atom is -0.508 e. The number of benzene rings is 2. The van der Waals surface area contributed by atoms with E-state index in [1.165, 1.54) is 0 Å². The van der Waals surface area contributed by atoms with Crippen LogP contribution in [0.2, 0.25) is 0 Å². The number of allylic oxidation sites excluding steroid dienone is 1. The maximum atomic E-state index is 10.7. The van der Waals surface area contributed by atoms with Gasteiger partial charge in [0.2, 0.25) is 0 Å². The first kappa shape index (κ1) is 14.4. The zero-order valence-corrected chi connectivity index (χ0v) is 13.6. The molecule has 0 aromatic heterocycles. The van der Waals surface area contributed by atoms with Crippen molar-refractivity contribution in [3.63, 3.8) is 0 Å². The molecule has 23 heavy (non-hydrogen) atoms. The predicted octanol–water partition coefficient (Wildman–Crippen LogP) is 4.79. The summed E-state index contributed by atoms with van der Waals surface area (Å²) in [6.07, 6.45) is 6.55. The van der Waals surface area contributed by atoms with E-state index < -0.39 is 0 Å². The SMILES string of the molecule is [2H]/C(=C\CCC)c1c2ccc(c1O)CCc1ccc(c(O)c1)CC2. The molecule has 120 valence electrons. The molecule has 4 aliphatic carbocycles. The monoisotopic (exact) mass is 309 g/mol. The van der Waals surface area contributed by atoms with Crippen LogP contribution in [-0.2, 0) is 25.7 Å². The van der Waals surface area contributed by atoms with Crippen molar-refractivity contribution in [2.24, 2.45) is 0 Å². The Morgan fingerprint density at radius 2 is 1.70 bits per heavy atom. The summed E-state index contributed by atoms with van der Waals surface area (Å²) in [5.41, 5.74) is 4.48. The second-order valence-corrected chi connectivity index (χ2v) is 6.21. The van der Waals surface area contributed by atoms with Crippen molar-refractivity contribution in [1.29, 1.82) is 0 Å². The van der Waals surface area contributed by atoms with Gasteiger partial charge in [0, 0.05) is 5.56 Å². The summed E-state index contributed by atoms with van der Waals surface area (Å²) < 4.78 is 8.38. The first-order valence-corrected chi connectivity index (χ1v) is 8.41. The Morgan fingerprint density at radius 1 is 1.00 bits per heavy atom. The molecule has 0 radical (unpaired) electrons. The van der Waals surface area contributed by atoms with Gasteiger partial charge in [-0.15, -0.1) is 0 Å². The van der Waals surface area contributed by atoms with Crippen LogP contribution in [0.1, 0.15) is 49.0 Å². The van der Waals surface area contributed by atoms with Gasteiger partial charge in [0.05, 0.1) is 1.37 Å². The van der Waals surface area contributed by atoms with Crippen LogP contribution in [0, 0.1) is 0 Å². The van der Waals surface area contributed by atoms with Crippen molar-refractivity contribution in [2.75, 3.05) is 0 Å². The minimum absolute atomic E-state index is 0.254. The standard InChI is InChI=1S/C21H24O2/c1-2-3-4-5-19-16-10-12-17-8-6-15(14-20(17)22)7-9-18(13-11-16)21(19)23/h4-6,8,11,13-14,22-23H,2-3,7,9-10,12H2,1H3/b5-4+/i5D. The normalized spacial score (nSPS) is 15.2. The van der Waals surface area contributed by atoms with Gasteiger partial charge in [-0.1, -0.05) is 49.7 Å². The Morgan fingerprint density at radius 3 is 2.48 bits per heavy atom. The van der Waals surface area contributed by atoms with E-state index >= 15 is 0 Å².